The minimum atomic E-state index is -0.315. The number of carbonyl (C=O) groups is 1. The van der Waals surface area contributed by atoms with Gasteiger partial charge in [0.05, 0.1) is 0 Å². The van der Waals surface area contributed by atoms with Gasteiger partial charge in [-0.05, 0) is 74.7 Å². The molecule has 0 saturated carbocycles. The van der Waals surface area contributed by atoms with Crippen molar-refractivity contribution in [1.82, 2.24) is 4.90 Å². The van der Waals surface area contributed by atoms with E-state index in [0.717, 1.165) is 48.0 Å². The predicted molar refractivity (Wildman–Crippen MR) is 122 cm³/mol. The zero-order valence-corrected chi connectivity index (χ0v) is 18.5. The number of benzene rings is 2. The number of nitrogens with zero attached hydrogens (tertiary/aromatic N) is 1. The summed E-state index contributed by atoms with van der Waals surface area (Å²) in [5.41, 5.74) is 4.14. The quantitative estimate of drug-likeness (QED) is 0.452. The number of ketones is 1. The van der Waals surface area contributed by atoms with Crippen molar-refractivity contribution in [1.29, 1.82) is 0 Å². The summed E-state index contributed by atoms with van der Waals surface area (Å²) in [6, 6.07) is 11.2. The van der Waals surface area contributed by atoms with Crippen LogP contribution >= 0.6 is 0 Å². The fraction of sp³-hybridized carbons (Fsp3) is 0.385. The van der Waals surface area contributed by atoms with Gasteiger partial charge in [-0.1, -0.05) is 12.1 Å². The maximum atomic E-state index is 13.1. The van der Waals surface area contributed by atoms with Crippen LogP contribution in [0.4, 0.5) is 0 Å². The van der Waals surface area contributed by atoms with Crippen LogP contribution < -0.4 is 15.1 Å². The van der Waals surface area contributed by atoms with E-state index in [9.17, 15) is 9.59 Å². The highest BCUT2D eigenvalue weighted by Gasteiger charge is 2.27. The normalized spacial score (nSPS) is 16.9. The number of Topliss-reactive ketones (excluding diaryl/α,β-unsaturated/α-hetero) is 1. The lowest BCUT2D eigenvalue weighted by atomic mass is 9.88. The number of ether oxygens (including phenoxy) is 2. The number of rotatable bonds is 4. The molecule has 2 aliphatic heterocycles. The van der Waals surface area contributed by atoms with Gasteiger partial charge in [0, 0.05) is 29.5 Å². The Hall–Kier alpha value is -3.12. The first kappa shape index (κ1) is 20.8. The number of aryl methyl sites for hydroxylation is 2. The zero-order chi connectivity index (χ0) is 22.2. The Morgan fingerprint density at radius 1 is 1.00 bits per heavy atom. The van der Waals surface area contributed by atoms with Crippen LogP contribution in [0.15, 0.2) is 45.6 Å². The average Bonchev–Trinajstić information content (AvgIpc) is 2.81. The first-order chi connectivity index (χ1) is 15.5. The summed E-state index contributed by atoms with van der Waals surface area (Å²) in [5, 5.41) is 0.988. The number of hydrogen-bond acceptors (Lipinski definition) is 6. The summed E-state index contributed by atoms with van der Waals surface area (Å²) in [6.45, 7) is 7.35. The van der Waals surface area contributed by atoms with E-state index in [0.29, 0.717) is 42.4 Å². The Labute approximate surface area is 186 Å². The summed E-state index contributed by atoms with van der Waals surface area (Å²) < 4.78 is 16.7. The molecule has 5 rings (SSSR count). The topological polar surface area (TPSA) is 69.0 Å². The molecule has 0 aliphatic carbocycles. The molecule has 0 atom stereocenters. The van der Waals surface area contributed by atoms with Crippen molar-refractivity contribution >= 4 is 16.8 Å². The largest absolute Gasteiger partial charge is 0.486 e. The molecule has 0 N–H and O–H groups in total. The second-order valence-electron chi connectivity index (χ2n) is 8.75. The Balaban J connectivity index is 1.28. The van der Waals surface area contributed by atoms with E-state index in [4.69, 9.17) is 13.9 Å². The molecule has 0 unspecified atom stereocenters. The van der Waals surface area contributed by atoms with Crippen molar-refractivity contribution in [2.45, 2.75) is 33.2 Å². The minimum Gasteiger partial charge on any atom is -0.486 e. The summed E-state index contributed by atoms with van der Waals surface area (Å²) in [7, 11) is 0. The van der Waals surface area contributed by atoms with Crippen molar-refractivity contribution in [3.63, 3.8) is 0 Å². The maximum absolute atomic E-state index is 13.1. The molecule has 0 amide bonds. The highest BCUT2D eigenvalue weighted by atomic mass is 16.6. The van der Waals surface area contributed by atoms with Crippen LogP contribution in [0.5, 0.6) is 11.5 Å². The van der Waals surface area contributed by atoms with Crippen molar-refractivity contribution in [3.8, 4) is 11.5 Å². The molecule has 0 radical (unpaired) electrons. The molecule has 2 aromatic carbocycles. The molecule has 3 heterocycles. The predicted octanol–water partition coefficient (Wildman–Crippen LogP) is 4.28. The Morgan fingerprint density at radius 2 is 1.75 bits per heavy atom. The fourth-order valence-electron chi connectivity index (χ4n) is 4.68. The highest BCUT2D eigenvalue weighted by molar-refractivity contribution is 5.98. The van der Waals surface area contributed by atoms with Crippen molar-refractivity contribution in [2.24, 2.45) is 5.92 Å². The fourth-order valence-corrected chi connectivity index (χ4v) is 4.68. The Morgan fingerprint density at radius 3 is 2.53 bits per heavy atom. The van der Waals surface area contributed by atoms with Gasteiger partial charge in [0.15, 0.2) is 17.3 Å². The Bertz CT molecular complexity index is 1240. The summed E-state index contributed by atoms with van der Waals surface area (Å²) in [5.74, 6) is 1.52. The SMILES string of the molecule is Cc1ccc2c(CN3CCC(C(=O)c4ccc5c(c4)OCCO5)CC3)cc(=O)oc2c1C. The third-order valence-electron chi connectivity index (χ3n) is 6.70. The molecule has 2 aliphatic rings. The molecular weight excluding hydrogens is 406 g/mol. The monoisotopic (exact) mass is 433 g/mol. The number of likely N-dealkylation sites (tertiary alicyclic amines) is 1. The van der Waals surface area contributed by atoms with Gasteiger partial charge < -0.3 is 13.9 Å². The van der Waals surface area contributed by atoms with Crippen molar-refractivity contribution < 1.29 is 18.7 Å². The Kier molecular flexibility index (Phi) is 5.47. The molecule has 0 bridgehead atoms. The van der Waals surface area contributed by atoms with Gasteiger partial charge in [-0.15, -0.1) is 0 Å². The van der Waals surface area contributed by atoms with Crippen LogP contribution in [-0.2, 0) is 6.54 Å². The standard InChI is InChI=1S/C26H27NO5/c1-16-3-5-21-20(14-24(28)32-26(21)17(16)2)15-27-9-7-18(8-10-27)25(29)19-4-6-22-23(13-19)31-12-11-30-22/h3-6,13-14,18H,7-12,15H2,1-2H3. The third kappa shape index (κ3) is 3.91. The lowest BCUT2D eigenvalue weighted by Gasteiger charge is -2.31. The van der Waals surface area contributed by atoms with Gasteiger partial charge in [0.1, 0.15) is 18.8 Å². The first-order valence-corrected chi connectivity index (χ1v) is 11.2. The van der Waals surface area contributed by atoms with E-state index >= 15 is 0 Å². The van der Waals surface area contributed by atoms with Gasteiger partial charge in [-0.2, -0.15) is 0 Å². The van der Waals surface area contributed by atoms with Gasteiger partial charge in [-0.25, -0.2) is 4.79 Å². The van der Waals surface area contributed by atoms with E-state index in [1.165, 1.54) is 0 Å². The van der Waals surface area contributed by atoms with Crippen LogP contribution in [0, 0.1) is 19.8 Å². The molecule has 1 saturated heterocycles. The molecule has 6 nitrogen and oxygen atoms in total. The van der Waals surface area contributed by atoms with Gasteiger partial charge in [0.25, 0.3) is 0 Å². The number of carbonyl (C=O) groups excluding carboxylic acids is 1. The van der Waals surface area contributed by atoms with E-state index in [-0.39, 0.29) is 17.3 Å². The minimum absolute atomic E-state index is 0.00344. The van der Waals surface area contributed by atoms with Crippen LogP contribution in [0.25, 0.3) is 11.0 Å². The number of hydrogen-bond donors (Lipinski definition) is 0. The number of fused-ring (bicyclic) bond motifs is 2. The average molecular weight is 434 g/mol. The second-order valence-corrected chi connectivity index (χ2v) is 8.75. The smallest absolute Gasteiger partial charge is 0.336 e. The van der Waals surface area contributed by atoms with Gasteiger partial charge in [-0.3, -0.25) is 9.69 Å². The molecule has 6 heteroatoms. The van der Waals surface area contributed by atoms with Crippen LogP contribution in [0.1, 0.15) is 39.9 Å². The van der Waals surface area contributed by atoms with Gasteiger partial charge in [0.2, 0.25) is 0 Å². The van der Waals surface area contributed by atoms with Crippen molar-refractivity contribution in [2.75, 3.05) is 26.3 Å². The summed E-state index contributed by atoms with van der Waals surface area (Å²) in [4.78, 5) is 27.5. The molecule has 166 valence electrons. The highest BCUT2D eigenvalue weighted by Crippen LogP contribution is 2.33. The van der Waals surface area contributed by atoms with E-state index in [1.807, 2.05) is 38.1 Å². The molecule has 32 heavy (non-hydrogen) atoms. The second kappa shape index (κ2) is 8.43. The van der Waals surface area contributed by atoms with E-state index in [2.05, 4.69) is 11.0 Å². The van der Waals surface area contributed by atoms with Crippen LogP contribution in [0.2, 0.25) is 0 Å². The molecule has 0 spiro atoms. The number of piperidine rings is 1. The zero-order valence-electron chi connectivity index (χ0n) is 18.5. The summed E-state index contributed by atoms with van der Waals surface area (Å²) in [6.07, 6.45) is 1.59. The molecule has 1 fully saturated rings. The van der Waals surface area contributed by atoms with E-state index in [1.54, 1.807) is 6.07 Å². The van der Waals surface area contributed by atoms with Crippen molar-refractivity contribution in [3.05, 3.63) is 69.1 Å². The van der Waals surface area contributed by atoms with E-state index < -0.39 is 0 Å². The maximum Gasteiger partial charge on any atom is 0.336 e. The summed E-state index contributed by atoms with van der Waals surface area (Å²) >= 11 is 0. The van der Waals surface area contributed by atoms with Crippen LogP contribution in [-0.4, -0.2) is 37.0 Å². The lowest BCUT2D eigenvalue weighted by Crippen LogP contribution is -2.36. The third-order valence-corrected chi connectivity index (χ3v) is 6.70. The molecular formula is C26H27NO5. The lowest BCUT2D eigenvalue weighted by molar-refractivity contribution is 0.0834. The first-order valence-electron chi connectivity index (χ1n) is 11.2. The van der Waals surface area contributed by atoms with Gasteiger partial charge >= 0.3 is 5.63 Å². The molecule has 3 aromatic rings. The van der Waals surface area contributed by atoms with Crippen LogP contribution in [0.3, 0.4) is 0 Å². The molecule has 1 aromatic heterocycles.